The van der Waals surface area contributed by atoms with Gasteiger partial charge in [-0.05, 0) is 31.9 Å². The summed E-state index contributed by atoms with van der Waals surface area (Å²) in [6.45, 7) is 5.01. The van der Waals surface area contributed by atoms with E-state index >= 15 is 0 Å². The van der Waals surface area contributed by atoms with Crippen LogP contribution in [-0.4, -0.2) is 25.7 Å². The first kappa shape index (κ1) is 15.6. The fourth-order valence-electron chi connectivity index (χ4n) is 2.71. The molecule has 0 aromatic heterocycles. The molecule has 5 heteroatoms. The number of quaternary nitrogens is 1. The van der Waals surface area contributed by atoms with Crippen LogP contribution in [0.4, 0.5) is 0 Å². The van der Waals surface area contributed by atoms with Gasteiger partial charge in [-0.15, -0.1) is 0 Å². The molecule has 0 spiro atoms. The largest absolute Gasteiger partial charge is 0.466 e. The third kappa shape index (κ3) is 4.11. The summed E-state index contributed by atoms with van der Waals surface area (Å²) in [4.78, 5) is 13.2. The Morgan fingerprint density at radius 2 is 2.25 bits per heavy atom. The third-order valence-corrected chi connectivity index (χ3v) is 4.28. The molecular weight excluding hydrogens is 297 g/mol. The van der Waals surface area contributed by atoms with Crippen LogP contribution in [0.2, 0.25) is 10.0 Å². The molecule has 1 fully saturated rings. The third-order valence-electron chi connectivity index (χ3n) is 3.69. The van der Waals surface area contributed by atoms with Gasteiger partial charge < -0.3 is 9.64 Å². The number of halogens is 2. The summed E-state index contributed by atoms with van der Waals surface area (Å²) < 4.78 is 5.12. The van der Waals surface area contributed by atoms with Gasteiger partial charge in [-0.2, -0.15) is 0 Å². The van der Waals surface area contributed by atoms with E-state index in [1.54, 1.807) is 6.07 Å². The van der Waals surface area contributed by atoms with E-state index in [2.05, 4.69) is 0 Å². The summed E-state index contributed by atoms with van der Waals surface area (Å²) in [6.07, 6.45) is 1.97. The lowest BCUT2D eigenvalue weighted by atomic mass is 9.98. The highest BCUT2D eigenvalue weighted by Crippen LogP contribution is 2.20. The molecule has 2 atom stereocenters. The Balaban J connectivity index is 1.97. The molecule has 2 rings (SSSR count). The molecule has 1 aliphatic rings. The summed E-state index contributed by atoms with van der Waals surface area (Å²) in [7, 11) is 0. The number of hydrogen-bond acceptors (Lipinski definition) is 2. The molecule has 0 aliphatic carbocycles. The molecule has 1 aromatic carbocycles. The standard InChI is InChI=1S/C15H19Cl2NO2/c1-2-20-15(19)12-4-3-7-18(10-12)9-11-5-6-13(16)8-14(11)17/h5-6,8,12H,2-4,7,9-10H2,1H3/p+1/t12-/m1/s1. The minimum atomic E-state index is -0.0631. The van der Waals surface area contributed by atoms with Gasteiger partial charge in [0.25, 0.3) is 0 Å². The number of carbonyl (C=O) groups is 1. The molecule has 1 unspecified atom stereocenters. The van der Waals surface area contributed by atoms with Crippen molar-refractivity contribution in [3.8, 4) is 0 Å². The van der Waals surface area contributed by atoms with Crippen LogP contribution in [0.1, 0.15) is 25.3 Å². The minimum Gasteiger partial charge on any atom is -0.466 e. The van der Waals surface area contributed by atoms with Gasteiger partial charge in [-0.1, -0.05) is 29.3 Å². The molecule has 20 heavy (non-hydrogen) atoms. The van der Waals surface area contributed by atoms with E-state index in [1.807, 2.05) is 19.1 Å². The molecule has 1 heterocycles. The van der Waals surface area contributed by atoms with Crippen LogP contribution in [0.15, 0.2) is 18.2 Å². The smallest absolute Gasteiger partial charge is 0.314 e. The molecule has 3 nitrogen and oxygen atoms in total. The number of piperidine rings is 1. The minimum absolute atomic E-state index is 0.0183. The van der Waals surface area contributed by atoms with Crippen molar-refractivity contribution in [2.24, 2.45) is 5.92 Å². The first-order valence-electron chi connectivity index (χ1n) is 7.04. The van der Waals surface area contributed by atoms with E-state index in [0.717, 1.165) is 38.0 Å². The number of ether oxygens (including phenoxy) is 1. The van der Waals surface area contributed by atoms with Crippen LogP contribution in [0.5, 0.6) is 0 Å². The van der Waals surface area contributed by atoms with E-state index in [4.69, 9.17) is 27.9 Å². The second kappa shape index (κ2) is 7.30. The second-order valence-corrected chi connectivity index (χ2v) is 6.05. The van der Waals surface area contributed by atoms with Crippen molar-refractivity contribution >= 4 is 29.2 Å². The van der Waals surface area contributed by atoms with Crippen molar-refractivity contribution in [3.63, 3.8) is 0 Å². The van der Waals surface area contributed by atoms with E-state index in [-0.39, 0.29) is 11.9 Å². The molecule has 0 amide bonds. The Hall–Kier alpha value is -0.770. The molecule has 0 saturated carbocycles. The lowest BCUT2D eigenvalue weighted by Gasteiger charge is -2.28. The SMILES string of the molecule is CCOC(=O)[C@@H]1CCC[NH+](Cc2ccc(Cl)cc2Cl)C1. The van der Waals surface area contributed by atoms with Gasteiger partial charge in [0.2, 0.25) is 0 Å². The Kier molecular flexibility index (Phi) is 5.70. The van der Waals surface area contributed by atoms with Crippen molar-refractivity contribution in [1.82, 2.24) is 0 Å². The highest BCUT2D eigenvalue weighted by Gasteiger charge is 2.29. The maximum atomic E-state index is 11.8. The molecule has 1 aliphatic heterocycles. The topological polar surface area (TPSA) is 30.7 Å². The number of hydrogen-bond donors (Lipinski definition) is 1. The predicted octanol–water partition coefficient (Wildman–Crippen LogP) is 2.35. The van der Waals surface area contributed by atoms with E-state index < -0.39 is 0 Å². The van der Waals surface area contributed by atoms with Gasteiger partial charge in [-0.25, -0.2) is 0 Å². The normalized spacial score (nSPS) is 22.6. The van der Waals surface area contributed by atoms with Crippen molar-refractivity contribution in [1.29, 1.82) is 0 Å². The number of likely N-dealkylation sites (tertiary alicyclic amines) is 1. The van der Waals surface area contributed by atoms with Gasteiger partial charge in [-0.3, -0.25) is 4.79 Å². The van der Waals surface area contributed by atoms with E-state index in [1.165, 1.54) is 4.90 Å². The molecule has 0 radical (unpaired) electrons. The van der Waals surface area contributed by atoms with Crippen molar-refractivity contribution in [2.75, 3.05) is 19.7 Å². The average Bonchev–Trinajstić information content (AvgIpc) is 2.43. The molecule has 1 N–H and O–H groups in total. The summed E-state index contributed by atoms with van der Waals surface area (Å²) in [5.41, 5.74) is 1.08. The first-order valence-corrected chi connectivity index (χ1v) is 7.80. The highest BCUT2D eigenvalue weighted by molar-refractivity contribution is 6.35. The zero-order valence-electron chi connectivity index (χ0n) is 11.6. The maximum Gasteiger partial charge on any atom is 0.314 e. The van der Waals surface area contributed by atoms with Crippen LogP contribution in [0.25, 0.3) is 0 Å². The van der Waals surface area contributed by atoms with E-state index in [9.17, 15) is 4.79 Å². The highest BCUT2D eigenvalue weighted by atomic mass is 35.5. The van der Waals surface area contributed by atoms with Crippen LogP contribution >= 0.6 is 23.2 Å². The Labute approximate surface area is 129 Å². The first-order chi connectivity index (χ1) is 9.60. The van der Waals surface area contributed by atoms with Crippen LogP contribution in [-0.2, 0) is 16.1 Å². The Morgan fingerprint density at radius 1 is 1.45 bits per heavy atom. The molecule has 1 aromatic rings. The fraction of sp³-hybridized carbons (Fsp3) is 0.533. The number of esters is 1. The van der Waals surface area contributed by atoms with Gasteiger partial charge >= 0.3 is 5.97 Å². The number of carbonyl (C=O) groups excluding carboxylic acids is 1. The van der Waals surface area contributed by atoms with Crippen molar-refractivity contribution in [3.05, 3.63) is 33.8 Å². The second-order valence-electron chi connectivity index (χ2n) is 5.21. The molecular formula is C15H20Cl2NO2+. The Morgan fingerprint density at radius 3 is 2.95 bits per heavy atom. The molecule has 1 saturated heterocycles. The van der Waals surface area contributed by atoms with Gasteiger partial charge in [0.05, 0.1) is 24.7 Å². The number of rotatable bonds is 4. The van der Waals surface area contributed by atoms with Crippen LogP contribution in [0.3, 0.4) is 0 Å². The maximum absolute atomic E-state index is 11.8. The summed E-state index contributed by atoms with van der Waals surface area (Å²) in [5, 5.41) is 1.35. The lowest BCUT2D eigenvalue weighted by molar-refractivity contribution is -0.921. The summed E-state index contributed by atoms with van der Waals surface area (Å²) in [6, 6.07) is 5.59. The lowest BCUT2D eigenvalue weighted by Crippen LogP contribution is -3.12. The van der Waals surface area contributed by atoms with Crippen molar-refractivity contribution in [2.45, 2.75) is 26.3 Å². The molecule has 110 valence electrons. The number of nitrogens with one attached hydrogen (secondary N) is 1. The fourth-order valence-corrected chi connectivity index (χ4v) is 3.18. The van der Waals surface area contributed by atoms with Crippen LogP contribution < -0.4 is 4.90 Å². The number of benzene rings is 1. The summed E-state index contributed by atoms with van der Waals surface area (Å²) >= 11 is 12.1. The Bertz CT molecular complexity index is 479. The monoisotopic (exact) mass is 316 g/mol. The molecule has 0 bridgehead atoms. The van der Waals surface area contributed by atoms with Gasteiger partial charge in [0.15, 0.2) is 0 Å². The van der Waals surface area contributed by atoms with Crippen molar-refractivity contribution < 1.29 is 14.4 Å². The quantitative estimate of drug-likeness (QED) is 0.864. The average molecular weight is 317 g/mol. The van der Waals surface area contributed by atoms with Gasteiger partial charge in [0, 0.05) is 10.6 Å². The predicted molar refractivity (Wildman–Crippen MR) is 80.2 cm³/mol. The van der Waals surface area contributed by atoms with E-state index in [0.29, 0.717) is 16.7 Å². The summed E-state index contributed by atoms with van der Waals surface area (Å²) in [5.74, 6) is -0.0447. The zero-order valence-corrected chi connectivity index (χ0v) is 13.1. The zero-order chi connectivity index (χ0) is 14.5. The van der Waals surface area contributed by atoms with Crippen LogP contribution in [0, 0.1) is 5.92 Å². The van der Waals surface area contributed by atoms with Gasteiger partial charge in [0.1, 0.15) is 12.5 Å².